The Labute approximate surface area is 109 Å². The number of hydrogen-bond donors (Lipinski definition) is 1. The molecule has 1 N–H and O–H groups in total. The average molecular weight is 299 g/mol. The number of aryl methyl sites for hydroxylation is 1. The van der Waals surface area contributed by atoms with Gasteiger partial charge in [-0.25, -0.2) is 4.79 Å². The normalized spacial score (nSPS) is 11.4. The second kappa shape index (κ2) is 6.45. The number of rotatable bonds is 5. The summed E-state index contributed by atoms with van der Waals surface area (Å²) in [6.45, 7) is 4.06. The van der Waals surface area contributed by atoms with E-state index in [1.54, 1.807) is 6.08 Å². The van der Waals surface area contributed by atoms with E-state index in [0.29, 0.717) is 12.0 Å². The number of halogens is 1. The molecule has 3 nitrogen and oxygen atoms in total. The Bertz CT molecular complexity index is 438. The molecule has 0 amide bonds. The number of hydrogen-bond acceptors (Lipinski definition) is 2. The highest BCUT2D eigenvalue weighted by Gasteiger charge is 2.03. The lowest BCUT2D eigenvalue weighted by Crippen LogP contribution is -2.03. The molecule has 0 radical (unpaired) electrons. The number of ether oxygens (including phenoxy) is 1. The predicted octanol–water partition coefficient (Wildman–Crippen LogP) is 3.56. The van der Waals surface area contributed by atoms with Gasteiger partial charge in [0.1, 0.15) is 12.4 Å². The Morgan fingerprint density at radius 2 is 2.24 bits per heavy atom. The molecule has 0 unspecified atom stereocenters. The smallest absolute Gasteiger partial charge is 0.331 e. The Morgan fingerprint density at radius 1 is 1.53 bits per heavy atom. The second-order valence-electron chi connectivity index (χ2n) is 3.61. The molecule has 0 spiro atoms. The van der Waals surface area contributed by atoms with Crippen LogP contribution in [0.3, 0.4) is 0 Å². The summed E-state index contributed by atoms with van der Waals surface area (Å²) in [5, 5.41) is 8.82. The maximum Gasteiger partial charge on any atom is 0.331 e. The van der Waals surface area contributed by atoms with Gasteiger partial charge in [-0.1, -0.05) is 22.9 Å². The average Bonchev–Trinajstić information content (AvgIpc) is 2.28. The highest BCUT2D eigenvalue weighted by molar-refractivity contribution is 9.10. The topological polar surface area (TPSA) is 46.5 Å². The zero-order valence-corrected chi connectivity index (χ0v) is 11.5. The number of carboxylic acid groups (broad SMARTS) is 1. The highest BCUT2D eigenvalue weighted by Crippen LogP contribution is 2.21. The minimum atomic E-state index is -0.886. The Morgan fingerprint density at radius 3 is 2.76 bits per heavy atom. The SMILES string of the molecule is CC/C(=C/COc1ccc(Br)c(C)c1)C(=O)O. The van der Waals surface area contributed by atoms with Crippen LogP contribution in [0.15, 0.2) is 34.3 Å². The molecule has 0 saturated heterocycles. The summed E-state index contributed by atoms with van der Waals surface area (Å²) < 4.78 is 6.49. The highest BCUT2D eigenvalue weighted by atomic mass is 79.9. The Balaban J connectivity index is 2.61. The molecule has 0 atom stereocenters. The van der Waals surface area contributed by atoms with Crippen molar-refractivity contribution in [2.75, 3.05) is 6.61 Å². The fraction of sp³-hybridized carbons (Fsp3) is 0.308. The van der Waals surface area contributed by atoms with E-state index < -0.39 is 5.97 Å². The number of benzene rings is 1. The van der Waals surface area contributed by atoms with Crippen LogP contribution in [0.25, 0.3) is 0 Å². The first-order valence-electron chi connectivity index (χ1n) is 5.36. The van der Waals surface area contributed by atoms with Gasteiger partial charge >= 0.3 is 5.97 Å². The lowest BCUT2D eigenvalue weighted by Gasteiger charge is -2.06. The molecule has 1 aromatic rings. The van der Waals surface area contributed by atoms with Crippen molar-refractivity contribution in [1.82, 2.24) is 0 Å². The molecule has 0 aliphatic rings. The first kappa shape index (κ1) is 13.8. The van der Waals surface area contributed by atoms with Gasteiger partial charge in [-0.05, 0) is 43.2 Å². The third-order valence-electron chi connectivity index (χ3n) is 2.36. The van der Waals surface area contributed by atoms with Gasteiger partial charge in [0.2, 0.25) is 0 Å². The van der Waals surface area contributed by atoms with Crippen molar-refractivity contribution in [3.63, 3.8) is 0 Å². The van der Waals surface area contributed by atoms with Gasteiger partial charge in [-0.3, -0.25) is 0 Å². The first-order chi connectivity index (χ1) is 8.04. The molecule has 1 rings (SSSR count). The van der Waals surface area contributed by atoms with E-state index in [1.165, 1.54) is 0 Å². The summed E-state index contributed by atoms with van der Waals surface area (Å²) in [4.78, 5) is 10.7. The number of aliphatic carboxylic acids is 1. The molecule has 0 saturated carbocycles. The summed E-state index contributed by atoms with van der Waals surface area (Å²) in [6, 6.07) is 5.66. The van der Waals surface area contributed by atoms with Crippen LogP contribution < -0.4 is 4.74 Å². The number of carbonyl (C=O) groups is 1. The minimum absolute atomic E-state index is 0.274. The van der Waals surface area contributed by atoms with Gasteiger partial charge in [-0.15, -0.1) is 0 Å². The van der Waals surface area contributed by atoms with Crippen molar-refractivity contribution in [3.05, 3.63) is 39.9 Å². The summed E-state index contributed by atoms with van der Waals surface area (Å²) in [5.74, 6) is -0.147. The van der Waals surface area contributed by atoms with Crippen molar-refractivity contribution < 1.29 is 14.6 Å². The molecule has 0 heterocycles. The summed E-state index contributed by atoms with van der Waals surface area (Å²) in [6.07, 6.45) is 2.10. The van der Waals surface area contributed by atoms with Crippen molar-refractivity contribution in [2.24, 2.45) is 0 Å². The molecule has 0 aliphatic carbocycles. The van der Waals surface area contributed by atoms with Crippen LogP contribution in [0.1, 0.15) is 18.9 Å². The summed E-state index contributed by atoms with van der Waals surface area (Å²) >= 11 is 3.41. The Hall–Kier alpha value is -1.29. The first-order valence-corrected chi connectivity index (χ1v) is 6.15. The molecule has 17 heavy (non-hydrogen) atoms. The molecular formula is C13H15BrO3. The van der Waals surface area contributed by atoms with Crippen LogP contribution in [-0.4, -0.2) is 17.7 Å². The van der Waals surface area contributed by atoms with Crippen LogP contribution in [-0.2, 0) is 4.79 Å². The molecule has 92 valence electrons. The minimum Gasteiger partial charge on any atom is -0.490 e. The van der Waals surface area contributed by atoms with Crippen LogP contribution in [0, 0.1) is 6.92 Å². The third-order valence-corrected chi connectivity index (χ3v) is 3.25. The van der Waals surface area contributed by atoms with E-state index in [9.17, 15) is 4.79 Å². The monoisotopic (exact) mass is 298 g/mol. The molecular weight excluding hydrogens is 284 g/mol. The third kappa shape index (κ3) is 4.23. The van der Waals surface area contributed by atoms with E-state index in [4.69, 9.17) is 9.84 Å². The molecule has 0 fully saturated rings. The van der Waals surface area contributed by atoms with Crippen molar-refractivity contribution in [2.45, 2.75) is 20.3 Å². The fourth-order valence-electron chi connectivity index (χ4n) is 1.33. The van der Waals surface area contributed by atoms with Crippen LogP contribution in [0.4, 0.5) is 0 Å². The summed E-state index contributed by atoms with van der Waals surface area (Å²) in [5.41, 5.74) is 1.46. The van der Waals surface area contributed by atoms with Crippen molar-refractivity contribution in [1.29, 1.82) is 0 Å². The van der Waals surface area contributed by atoms with E-state index in [-0.39, 0.29) is 6.61 Å². The van der Waals surface area contributed by atoms with Crippen molar-refractivity contribution in [3.8, 4) is 5.75 Å². The Kier molecular flexibility index (Phi) is 5.22. The predicted molar refractivity (Wildman–Crippen MR) is 70.4 cm³/mol. The maximum atomic E-state index is 10.7. The van der Waals surface area contributed by atoms with Gasteiger partial charge < -0.3 is 9.84 Å². The van der Waals surface area contributed by atoms with Crippen LogP contribution >= 0.6 is 15.9 Å². The van der Waals surface area contributed by atoms with Gasteiger partial charge in [0.25, 0.3) is 0 Å². The molecule has 0 bridgehead atoms. The van der Waals surface area contributed by atoms with E-state index in [2.05, 4.69) is 15.9 Å². The number of carboxylic acids is 1. The fourth-order valence-corrected chi connectivity index (χ4v) is 1.57. The van der Waals surface area contributed by atoms with Crippen molar-refractivity contribution >= 4 is 21.9 Å². The van der Waals surface area contributed by atoms with Crippen LogP contribution in [0.5, 0.6) is 5.75 Å². The van der Waals surface area contributed by atoms with Gasteiger partial charge in [-0.2, -0.15) is 0 Å². The largest absolute Gasteiger partial charge is 0.490 e. The second-order valence-corrected chi connectivity index (χ2v) is 4.46. The lowest BCUT2D eigenvalue weighted by molar-refractivity contribution is -0.132. The quantitative estimate of drug-likeness (QED) is 0.846. The molecule has 0 aromatic heterocycles. The van der Waals surface area contributed by atoms with E-state index in [0.717, 1.165) is 15.8 Å². The summed E-state index contributed by atoms with van der Waals surface area (Å²) in [7, 11) is 0. The van der Waals surface area contributed by atoms with Crippen LogP contribution in [0.2, 0.25) is 0 Å². The molecule has 4 heteroatoms. The van der Waals surface area contributed by atoms with Gasteiger partial charge in [0.05, 0.1) is 0 Å². The lowest BCUT2D eigenvalue weighted by atomic mass is 10.2. The van der Waals surface area contributed by atoms with E-state index in [1.807, 2.05) is 32.0 Å². The molecule has 1 aromatic carbocycles. The zero-order chi connectivity index (χ0) is 12.8. The standard InChI is InChI=1S/C13H15BrO3/c1-3-10(13(15)16)6-7-17-11-4-5-12(14)9(2)8-11/h4-6,8H,3,7H2,1-2H3,(H,15,16)/b10-6-. The van der Waals surface area contributed by atoms with E-state index >= 15 is 0 Å². The molecule has 0 aliphatic heterocycles. The zero-order valence-electron chi connectivity index (χ0n) is 9.87. The maximum absolute atomic E-state index is 10.7. The van der Waals surface area contributed by atoms with Gasteiger partial charge in [0.15, 0.2) is 0 Å². The van der Waals surface area contributed by atoms with Gasteiger partial charge in [0, 0.05) is 10.0 Å².